The van der Waals surface area contributed by atoms with Gasteiger partial charge in [0.05, 0.1) is 17.2 Å². The first-order chi connectivity index (χ1) is 17.6. The van der Waals surface area contributed by atoms with Gasteiger partial charge in [-0.05, 0) is 36.1 Å². The molecular weight excluding hydrogens is 434 g/mol. The highest BCUT2D eigenvalue weighted by Crippen LogP contribution is 2.34. The lowest BCUT2D eigenvalue weighted by Crippen LogP contribution is -2.49. The molecule has 3 aliphatic rings. The monoisotopic (exact) mass is 464 g/mol. The Morgan fingerprint density at radius 1 is 1.15 bits per heavy atom. The summed E-state index contributed by atoms with van der Waals surface area (Å²) in [5.74, 6) is -0.255. The number of allylic oxidation sites excluding steroid dienone is 1. The van der Waals surface area contributed by atoms with Crippen molar-refractivity contribution in [1.82, 2.24) is 15.1 Å². The van der Waals surface area contributed by atoms with Gasteiger partial charge in [0.1, 0.15) is 25.0 Å². The maximum Gasteiger partial charge on any atom is 0.255 e. The number of nitrogens with one attached hydrogen (secondary N) is 1. The smallest absolute Gasteiger partial charge is 0.255 e. The number of fused-ring (bicyclic) bond motifs is 1. The molecule has 2 aromatic carbocycles. The summed E-state index contributed by atoms with van der Waals surface area (Å²) in [5, 5.41) is 2.74. The van der Waals surface area contributed by atoms with Gasteiger partial charge in [-0.25, -0.2) is 0 Å². The SMILES string of the molecule is [2H]C1N(Cc2ccc(COc3cccc4c3CN(C3CCC(=C)NC3=O)C4=O)cc2)C(=O)COC1([2H])[2H]. The molecule has 2 aromatic rings. The van der Waals surface area contributed by atoms with Gasteiger partial charge in [-0.15, -0.1) is 0 Å². The molecule has 2 atom stereocenters. The molecule has 0 radical (unpaired) electrons. The fourth-order valence-electron chi connectivity index (χ4n) is 4.36. The predicted molar refractivity (Wildman–Crippen MR) is 124 cm³/mol. The number of piperidine rings is 1. The van der Waals surface area contributed by atoms with Crippen LogP contribution < -0.4 is 10.1 Å². The third kappa shape index (κ3) is 4.41. The average Bonchev–Trinajstić information content (AvgIpc) is 3.21. The van der Waals surface area contributed by atoms with Gasteiger partial charge in [0.2, 0.25) is 11.8 Å². The van der Waals surface area contributed by atoms with Crippen molar-refractivity contribution in [2.45, 2.75) is 38.6 Å². The van der Waals surface area contributed by atoms with E-state index < -0.39 is 31.6 Å². The fourth-order valence-corrected chi connectivity index (χ4v) is 4.36. The number of carbonyl (C=O) groups is 3. The van der Waals surface area contributed by atoms with Gasteiger partial charge in [-0.1, -0.05) is 36.9 Å². The van der Waals surface area contributed by atoms with E-state index in [1.54, 1.807) is 35.2 Å². The number of amides is 3. The van der Waals surface area contributed by atoms with Crippen LogP contribution in [-0.4, -0.2) is 53.2 Å². The second-order valence-electron chi connectivity index (χ2n) is 8.53. The molecule has 2 saturated heterocycles. The predicted octanol–water partition coefficient (Wildman–Crippen LogP) is 2.37. The molecule has 3 amide bonds. The van der Waals surface area contributed by atoms with Gasteiger partial charge >= 0.3 is 0 Å². The molecule has 0 spiro atoms. The van der Waals surface area contributed by atoms with Crippen LogP contribution in [0.1, 0.15) is 44.0 Å². The summed E-state index contributed by atoms with van der Waals surface area (Å²) in [5.41, 5.74) is 3.56. The van der Waals surface area contributed by atoms with E-state index in [-0.39, 0.29) is 25.0 Å². The van der Waals surface area contributed by atoms with Crippen LogP contribution in [0, 0.1) is 0 Å². The lowest BCUT2D eigenvalue weighted by Gasteiger charge is -2.31. The van der Waals surface area contributed by atoms with Gasteiger partial charge in [0.25, 0.3) is 5.91 Å². The van der Waals surface area contributed by atoms with E-state index in [0.717, 1.165) is 21.6 Å². The van der Waals surface area contributed by atoms with Crippen molar-refractivity contribution in [3.05, 3.63) is 77.0 Å². The average molecular weight is 465 g/mol. The third-order valence-electron chi connectivity index (χ3n) is 6.23. The molecule has 8 heteroatoms. The van der Waals surface area contributed by atoms with E-state index >= 15 is 0 Å². The summed E-state index contributed by atoms with van der Waals surface area (Å²) in [6, 6.07) is 12.1. The van der Waals surface area contributed by atoms with Gasteiger partial charge < -0.3 is 24.6 Å². The van der Waals surface area contributed by atoms with Crippen LogP contribution in [0.25, 0.3) is 0 Å². The van der Waals surface area contributed by atoms with Crippen LogP contribution in [0.15, 0.2) is 54.7 Å². The quantitative estimate of drug-likeness (QED) is 0.709. The Hall–Kier alpha value is -3.65. The summed E-state index contributed by atoms with van der Waals surface area (Å²) in [6.45, 7) is 0.380. The minimum atomic E-state index is -2.22. The van der Waals surface area contributed by atoms with Crippen molar-refractivity contribution in [3.8, 4) is 5.75 Å². The number of carbonyl (C=O) groups excluding carboxylic acids is 3. The van der Waals surface area contributed by atoms with Crippen LogP contribution >= 0.6 is 0 Å². The van der Waals surface area contributed by atoms with Crippen LogP contribution in [-0.2, 0) is 34.0 Å². The van der Waals surface area contributed by atoms with Crippen LogP contribution in [0.5, 0.6) is 5.75 Å². The Bertz CT molecular complexity index is 1270. The van der Waals surface area contributed by atoms with E-state index in [1.165, 1.54) is 0 Å². The van der Waals surface area contributed by atoms with Crippen molar-refractivity contribution < 1.29 is 28.0 Å². The standard InChI is InChI=1S/C26H27N3O5/c1-17-5-10-22(25(31)27-17)29-14-21-20(26(29)32)3-2-4-23(21)34-15-19-8-6-18(7-9-19)13-28-11-12-33-16-24(28)30/h2-4,6-9,22H,1,5,10-16H2,(H,27,31)/i11D,12D2. The number of nitrogens with zero attached hydrogens (tertiary/aromatic N) is 2. The third-order valence-corrected chi connectivity index (χ3v) is 6.23. The van der Waals surface area contributed by atoms with Crippen LogP contribution in [0.3, 0.4) is 0 Å². The van der Waals surface area contributed by atoms with Crippen molar-refractivity contribution in [3.63, 3.8) is 0 Å². The molecule has 0 saturated carbocycles. The molecule has 3 heterocycles. The molecule has 2 fully saturated rings. The molecule has 0 bridgehead atoms. The van der Waals surface area contributed by atoms with Crippen molar-refractivity contribution in [2.75, 3.05) is 19.7 Å². The minimum Gasteiger partial charge on any atom is -0.489 e. The number of ether oxygens (including phenoxy) is 2. The Balaban J connectivity index is 1.23. The molecule has 5 rings (SSSR count). The molecule has 2 unspecified atom stereocenters. The normalized spacial score (nSPS) is 25.4. The summed E-state index contributed by atoms with van der Waals surface area (Å²) >= 11 is 0. The minimum absolute atomic E-state index is 0.100. The number of benzene rings is 2. The summed E-state index contributed by atoms with van der Waals surface area (Å²) in [4.78, 5) is 40.4. The zero-order chi connectivity index (χ0) is 26.3. The zero-order valence-electron chi connectivity index (χ0n) is 21.6. The summed E-state index contributed by atoms with van der Waals surface area (Å²) < 4.78 is 34.4. The highest BCUT2D eigenvalue weighted by Gasteiger charge is 2.39. The second kappa shape index (κ2) is 9.30. The van der Waals surface area contributed by atoms with E-state index in [2.05, 4.69) is 11.9 Å². The molecule has 1 N–H and O–H groups in total. The molecule has 34 heavy (non-hydrogen) atoms. The first kappa shape index (κ1) is 18.7. The van der Waals surface area contributed by atoms with Gasteiger partial charge in [-0.2, -0.15) is 0 Å². The largest absolute Gasteiger partial charge is 0.489 e. The van der Waals surface area contributed by atoms with E-state index in [1.807, 2.05) is 12.1 Å². The molecule has 0 aliphatic carbocycles. The van der Waals surface area contributed by atoms with Crippen molar-refractivity contribution in [2.24, 2.45) is 0 Å². The number of rotatable bonds is 6. The lowest BCUT2D eigenvalue weighted by molar-refractivity contribution is -0.143. The van der Waals surface area contributed by atoms with E-state index in [4.69, 9.17) is 13.6 Å². The van der Waals surface area contributed by atoms with E-state index in [9.17, 15) is 14.4 Å². The Labute approximate surface area is 202 Å². The first-order valence-electron chi connectivity index (χ1n) is 12.7. The molecular formula is C26H27N3O5. The van der Waals surface area contributed by atoms with Gasteiger partial charge in [0.15, 0.2) is 0 Å². The van der Waals surface area contributed by atoms with Crippen LogP contribution in [0.2, 0.25) is 0 Å². The number of hydrogen-bond acceptors (Lipinski definition) is 5. The molecule has 3 aliphatic heterocycles. The van der Waals surface area contributed by atoms with Crippen LogP contribution in [0.4, 0.5) is 0 Å². The van der Waals surface area contributed by atoms with Gasteiger partial charge in [0, 0.05) is 29.9 Å². The Morgan fingerprint density at radius 2 is 1.94 bits per heavy atom. The maximum absolute atomic E-state index is 13.0. The zero-order valence-corrected chi connectivity index (χ0v) is 18.6. The second-order valence-corrected chi connectivity index (χ2v) is 8.53. The highest BCUT2D eigenvalue weighted by atomic mass is 16.5. The topological polar surface area (TPSA) is 88.2 Å². The Morgan fingerprint density at radius 3 is 2.74 bits per heavy atom. The highest BCUT2D eigenvalue weighted by molar-refractivity contribution is 6.02. The van der Waals surface area contributed by atoms with Crippen molar-refractivity contribution in [1.29, 1.82) is 0 Å². The Kier molecular flexibility index (Phi) is 5.13. The molecule has 8 nitrogen and oxygen atoms in total. The molecule has 0 aromatic heterocycles. The number of morpholine rings is 1. The number of hydrogen-bond donors (Lipinski definition) is 1. The maximum atomic E-state index is 13.0. The first-order valence-corrected chi connectivity index (χ1v) is 11.1. The summed E-state index contributed by atoms with van der Waals surface area (Å²) in [7, 11) is 0. The lowest BCUT2D eigenvalue weighted by atomic mass is 10.0. The van der Waals surface area contributed by atoms with E-state index in [0.29, 0.717) is 36.4 Å². The summed E-state index contributed by atoms with van der Waals surface area (Å²) in [6.07, 6.45) is 1.17. The molecule has 176 valence electrons. The fraction of sp³-hybridized carbons (Fsp3) is 0.346. The van der Waals surface area contributed by atoms with Crippen molar-refractivity contribution >= 4 is 17.7 Å². The van der Waals surface area contributed by atoms with Gasteiger partial charge in [-0.3, -0.25) is 14.4 Å².